The second-order valence-corrected chi connectivity index (χ2v) is 5.81. The predicted molar refractivity (Wildman–Crippen MR) is 73.9 cm³/mol. The molecule has 0 aliphatic heterocycles. The van der Waals surface area contributed by atoms with Crippen LogP contribution in [0.15, 0.2) is 12.1 Å². The molecule has 1 aromatic rings. The van der Waals surface area contributed by atoms with Gasteiger partial charge in [0.2, 0.25) is 5.91 Å². The average molecular weight is 275 g/mol. The topological polar surface area (TPSA) is 41.1 Å². The minimum atomic E-state index is -0.138. The maximum Gasteiger partial charge on any atom is 0.228 e. The van der Waals surface area contributed by atoms with E-state index in [0.717, 1.165) is 15.8 Å². The van der Waals surface area contributed by atoms with Crippen LogP contribution in [0.1, 0.15) is 31.6 Å². The van der Waals surface area contributed by atoms with Gasteiger partial charge >= 0.3 is 0 Å². The van der Waals surface area contributed by atoms with E-state index in [1.54, 1.807) is 0 Å². The first kappa shape index (κ1) is 14.5. The van der Waals surface area contributed by atoms with Gasteiger partial charge in [-0.2, -0.15) is 0 Å². The number of hydrogen-bond donors (Lipinski definition) is 2. The van der Waals surface area contributed by atoms with Gasteiger partial charge in [0.15, 0.2) is 0 Å². The lowest BCUT2D eigenvalue weighted by Gasteiger charge is -2.15. The third kappa shape index (κ3) is 4.66. The van der Waals surface area contributed by atoms with Gasteiger partial charge in [0, 0.05) is 17.5 Å². The molecule has 1 unspecified atom stereocenters. The Kier molecular flexibility index (Phi) is 5.95. The van der Waals surface area contributed by atoms with E-state index in [-0.39, 0.29) is 11.8 Å². The van der Waals surface area contributed by atoms with Gasteiger partial charge in [-0.25, -0.2) is 0 Å². The molecule has 0 saturated heterocycles. The number of likely N-dealkylation sites (N-methyl/N-ethyl adjacent to an activating group) is 1. The minimum Gasteiger partial charge on any atom is -0.354 e. The van der Waals surface area contributed by atoms with E-state index in [4.69, 9.17) is 11.6 Å². The fraction of sp³-hybridized carbons (Fsp3) is 0.583. The van der Waals surface area contributed by atoms with Crippen molar-refractivity contribution in [2.24, 2.45) is 0 Å². The van der Waals surface area contributed by atoms with Gasteiger partial charge in [-0.05, 0) is 32.5 Å². The van der Waals surface area contributed by atoms with Crippen molar-refractivity contribution in [3.05, 3.63) is 21.3 Å². The number of carbonyl (C=O) groups excluding carboxylic acids is 1. The Hall–Kier alpha value is -0.580. The quantitative estimate of drug-likeness (QED) is 0.837. The predicted octanol–water partition coefficient (Wildman–Crippen LogP) is 2.62. The van der Waals surface area contributed by atoms with Gasteiger partial charge in [-0.15, -0.1) is 11.3 Å². The summed E-state index contributed by atoms with van der Waals surface area (Å²) in [5, 5.41) is 6.19. The molecular weight excluding hydrogens is 256 g/mol. The molecule has 0 saturated carbocycles. The van der Waals surface area contributed by atoms with Crippen LogP contribution in [-0.4, -0.2) is 25.0 Å². The van der Waals surface area contributed by atoms with Crippen LogP contribution in [-0.2, 0) is 4.79 Å². The molecule has 5 heteroatoms. The molecule has 2 N–H and O–H groups in total. The molecule has 17 heavy (non-hydrogen) atoms. The van der Waals surface area contributed by atoms with Gasteiger partial charge in [0.05, 0.1) is 10.3 Å². The van der Waals surface area contributed by atoms with Crippen molar-refractivity contribution in [1.82, 2.24) is 10.6 Å². The van der Waals surface area contributed by atoms with Crippen LogP contribution in [0, 0.1) is 0 Å². The third-order valence-corrected chi connectivity index (χ3v) is 3.96. The number of thiophene rings is 1. The Morgan fingerprint density at radius 3 is 2.71 bits per heavy atom. The smallest absolute Gasteiger partial charge is 0.228 e. The number of rotatable bonds is 6. The Morgan fingerprint density at radius 1 is 1.47 bits per heavy atom. The highest BCUT2D eigenvalue weighted by Gasteiger charge is 2.17. The van der Waals surface area contributed by atoms with Crippen LogP contribution in [0.4, 0.5) is 0 Å². The largest absolute Gasteiger partial charge is 0.354 e. The van der Waals surface area contributed by atoms with Gasteiger partial charge in [-0.3, -0.25) is 4.79 Å². The summed E-state index contributed by atoms with van der Waals surface area (Å²) in [7, 11) is 0. The molecule has 0 spiro atoms. The van der Waals surface area contributed by atoms with E-state index in [1.807, 2.05) is 19.1 Å². The van der Waals surface area contributed by atoms with Gasteiger partial charge in [-0.1, -0.05) is 18.5 Å². The van der Waals surface area contributed by atoms with Crippen molar-refractivity contribution in [2.45, 2.75) is 32.7 Å². The second-order valence-electron chi connectivity index (χ2n) is 4.07. The first-order valence-corrected chi connectivity index (χ1v) is 7.00. The van der Waals surface area contributed by atoms with E-state index in [1.165, 1.54) is 11.3 Å². The lowest BCUT2D eigenvalue weighted by atomic mass is 10.1. The summed E-state index contributed by atoms with van der Waals surface area (Å²) < 4.78 is 0.723. The summed E-state index contributed by atoms with van der Waals surface area (Å²) in [4.78, 5) is 12.9. The van der Waals surface area contributed by atoms with Crippen molar-refractivity contribution in [1.29, 1.82) is 0 Å². The van der Waals surface area contributed by atoms with E-state index < -0.39 is 0 Å². The minimum absolute atomic E-state index is 0.0493. The van der Waals surface area contributed by atoms with Crippen LogP contribution in [0.2, 0.25) is 4.34 Å². The van der Waals surface area contributed by atoms with Crippen LogP contribution in [0.5, 0.6) is 0 Å². The zero-order chi connectivity index (χ0) is 12.8. The standard InChI is InChI=1S/C12H19ClN2OS/c1-4-14-8(2)7-15-12(16)9(3)10-5-6-11(13)17-10/h5-6,8-9,14H,4,7H2,1-3H3,(H,15,16)/t8-,9?/m1/s1. The van der Waals surface area contributed by atoms with Crippen molar-refractivity contribution in [3.63, 3.8) is 0 Å². The molecule has 0 aliphatic carbocycles. The van der Waals surface area contributed by atoms with Gasteiger partial charge in [0.25, 0.3) is 0 Å². The summed E-state index contributed by atoms with van der Waals surface area (Å²) in [5.74, 6) is -0.0883. The van der Waals surface area contributed by atoms with Gasteiger partial charge < -0.3 is 10.6 Å². The normalized spacial score (nSPS) is 14.4. The van der Waals surface area contributed by atoms with E-state index in [9.17, 15) is 4.79 Å². The molecule has 0 fully saturated rings. The Morgan fingerprint density at radius 2 is 2.18 bits per heavy atom. The maximum absolute atomic E-state index is 11.9. The second kappa shape index (κ2) is 6.99. The lowest BCUT2D eigenvalue weighted by molar-refractivity contribution is -0.122. The van der Waals surface area contributed by atoms with Gasteiger partial charge in [0.1, 0.15) is 0 Å². The summed E-state index contributed by atoms with van der Waals surface area (Å²) in [6.45, 7) is 7.56. The molecule has 1 rings (SSSR count). The van der Waals surface area contributed by atoms with E-state index in [2.05, 4.69) is 24.5 Å². The number of hydrogen-bond acceptors (Lipinski definition) is 3. The molecule has 1 amide bonds. The SMILES string of the molecule is CCN[C@H](C)CNC(=O)C(C)c1ccc(Cl)s1. The van der Waals surface area contributed by atoms with Crippen LogP contribution >= 0.6 is 22.9 Å². The zero-order valence-electron chi connectivity index (χ0n) is 10.4. The molecule has 96 valence electrons. The van der Waals surface area contributed by atoms with Crippen LogP contribution < -0.4 is 10.6 Å². The molecule has 0 aromatic carbocycles. The molecule has 1 aromatic heterocycles. The number of halogens is 1. The Labute approximate surface area is 112 Å². The van der Waals surface area contributed by atoms with Crippen molar-refractivity contribution >= 4 is 28.8 Å². The number of nitrogens with one attached hydrogen (secondary N) is 2. The first-order chi connectivity index (χ1) is 8.04. The van der Waals surface area contributed by atoms with Crippen molar-refractivity contribution in [2.75, 3.05) is 13.1 Å². The summed E-state index contributed by atoms with van der Waals surface area (Å²) >= 11 is 7.31. The molecule has 0 aliphatic rings. The molecule has 3 nitrogen and oxygen atoms in total. The van der Waals surface area contributed by atoms with Crippen LogP contribution in [0.3, 0.4) is 0 Å². The third-order valence-electron chi connectivity index (χ3n) is 2.55. The Bertz CT molecular complexity index is 367. The highest BCUT2D eigenvalue weighted by Crippen LogP contribution is 2.27. The van der Waals surface area contributed by atoms with E-state index >= 15 is 0 Å². The first-order valence-electron chi connectivity index (χ1n) is 5.81. The zero-order valence-corrected chi connectivity index (χ0v) is 12.0. The fourth-order valence-corrected chi connectivity index (χ4v) is 2.63. The monoisotopic (exact) mass is 274 g/mol. The number of carbonyl (C=O) groups is 1. The molecular formula is C12H19ClN2OS. The van der Waals surface area contributed by atoms with E-state index in [0.29, 0.717) is 12.6 Å². The summed E-state index contributed by atoms with van der Waals surface area (Å²) in [5.41, 5.74) is 0. The Balaban J connectivity index is 2.42. The molecule has 0 bridgehead atoms. The maximum atomic E-state index is 11.9. The summed E-state index contributed by atoms with van der Waals surface area (Å²) in [6.07, 6.45) is 0. The highest BCUT2D eigenvalue weighted by molar-refractivity contribution is 7.16. The van der Waals surface area contributed by atoms with Crippen molar-refractivity contribution in [3.8, 4) is 0 Å². The molecule has 0 radical (unpaired) electrons. The summed E-state index contributed by atoms with van der Waals surface area (Å²) in [6, 6.07) is 4.03. The fourth-order valence-electron chi connectivity index (χ4n) is 1.52. The lowest BCUT2D eigenvalue weighted by Crippen LogP contribution is -2.40. The highest BCUT2D eigenvalue weighted by atomic mass is 35.5. The average Bonchev–Trinajstić information content (AvgIpc) is 2.72. The number of amides is 1. The van der Waals surface area contributed by atoms with Crippen molar-refractivity contribution < 1.29 is 4.79 Å². The van der Waals surface area contributed by atoms with Crippen LogP contribution in [0.25, 0.3) is 0 Å². The molecule has 1 heterocycles. The molecule has 2 atom stereocenters.